The molecule has 0 heterocycles. The first-order chi connectivity index (χ1) is 13.4. The van der Waals surface area contributed by atoms with Crippen LogP contribution in [-0.2, 0) is 14.8 Å². The first-order valence-electron chi connectivity index (χ1n) is 7.89. The van der Waals surface area contributed by atoms with E-state index < -0.39 is 22.1 Å². The molecule has 2 rings (SSSR count). The molecule has 0 aliphatic carbocycles. The molecule has 0 aromatic heterocycles. The summed E-state index contributed by atoms with van der Waals surface area (Å²) in [7, 11) is -0.866. The number of thioether (sulfide) groups is 1. The van der Waals surface area contributed by atoms with Crippen LogP contribution < -0.4 is 10.0 Å². The number of benzene rings is 2. The number of carbonyl (C=O) groups excluding carboxylic acids is 2. The first kappa shape index (κ1) is 22.6. The summed E-state index contributed by atoms with van der Waals surface area (Å²) in [6.45, 7) is 0. The van der Waals surface area contributed by atoms with E-state index in [1.165, 1.54) is 17.0 Å². The predicted octanol–water partition coefficient (Wildman–Crippen LogP) is 3.76. The smallest absolute Gasteiger partial charge is 0.339 e. The monoisotopic (exact) mass is 447 g/mol. The highest BCUT2D eigenvalue weighted by molar-refractivity contribution is 8.13. The molecular weight excluding hydrogens is 431 g/mol. The maximum Gasteiger partial charge on any atom is 0.471 e. The van der Waals surface area contributed by atoms with Gasteiger partial charge in [-0.05, 0) is 54.2 Å². The van der Waals surface area contributed by atoms with Crippen molar-refractivity contribution in [2.75, 3.05) is 24.1 Å². The van der Waals surface area contributed by atoms with Gasteiger partial charge in [0.25, 0.3) is 15.3 Å². The normalized spacial score (nSPS) is 11.6. The molecule has 0 unspecified atom stereocenters. The lowest BCUT2D eigenvalue weighted by molar-refractivity contribution is -0.167. The predicted molar refractivity (Wildman–Crippen MR) is 103 cm³/mol. The van der Waals surface area contributed by atoms with E-state index in [-0.39, 0.29) is 21.5 Å². The number of halogens is 3. The van der Waals surface area contributed by atoms with Gasteiger partial charge in [-0.25, -0.2) is 8.42 Å². The summed E-state index contributed by atoms with van der Waals surface area (Å²) in [5.41, 5.74) is 0.00266. The number of nitrogens with one attached hydrogen (secondary N) is 2. The van der Waals surface area contributed by atoms with Crippen LogP contribution in [0.2, 0.25) is 0 Å². The van der Waals surface area contributed by atoms with Crippen molar-refractivity contribution in [1.82, 2.24) is 4.90 Å². The molecule has 0 aliphatic heterocycles. The van der Waals surface area contributed by atoms with E-state index in [0.717, 1.165) is 36.0 Å². The zero-order chi connectivity index (χ0) is 21.8. The minimum absolute atomic E-state index is 0.202. The molecule has 12 heteroatoms. The third-order valence-corrected chi connectivity index (χ3v) is 5.76. The van der Waals surface area contributed by atoms with E-state index in [0.29, 0.717) is 4.90 Å². The van der Waals surface area contributed by atoms with Crippen molar-refractivity contribution in [3.63, 3.8) is 0 Å². The summed E-state index contributed by atoms with van der Waals surface area (Å²) < 4.78 is 64.1. The van der Waals surface area contributed by atoms with Crippen molar-refractivity contribution in [2.45, 2.75) is 16.0 Å². The number of amides is 2. The topological polar surface area (TPSA) is 95.6 Å². The fourth-order valence-electron chi connectivity index (χ4n) is 1.95. The van der Waals surface area contributed by atoms with Crippen molar-refractivity contribution >= 4 is 44.3 Å². The van der Waals surface area contributed by atoms with E-state index in [4.69, 9.17) is 0 Å². The molecule has 0 fully saturated rings. The van der Waals surface area contributed by atoms with Gasteiger partial charge in [0.1, 0.15) is 0 Å². The molecule has 0 saturated heterocycles. The molecule has 2 aromatic carbocycles. The number of anilines is 2. The molecule has 29 heavy (non-hydrogen) atoms. The Kier molecular flexibility index (Phi) is 6.80. The number of alkyl halides is 3. The van der Waals surface area contributed by atoms with Gasteiger partial charge in [0.2, 0.25) is 0 Å². The van der Waals surface area contributed by atoms with Crippen LogP contribution in [0.25, 0.3) is 0 Å². The standard InChI is InChI=1S/C17H16F3N3O4S2/c1-23(2)16(25)28-13-5-3-4-12(10-13)22-29(26,27)14-8-6-11(7-9-14)21-15(24)17(18,19)20/h3-10,22H,1-2H3,(H,21,24). The Morgan fingerprint density at radius 1 is 1.00 bits per heavy atom. The van der Waals surface area contributed by atoms with Gasteiger partial charge >= 0.3 is 12.1 Å². The van der Waals surface area contributed by atoms with Crippen molar-refractivity contribution < 1.29 is 31.2 Å². The highest BCUT2D eigenvalue weighted by Gasteiger charge is 2.38. The summed E-state index contributed by atoms with van der Waals surface area (Å²) in [6.07, 6.45) is -5.05. The molecule has 0 atom stereocenters. The van der Waals surface area contributed by atoms with E-state index in [1.807, 2.05) is 0 Å². The van der Waals surface area contributed by atoms with Gasteiger partial charge in [0.15, 0.2) is 0 Å². The third-order valence-electron chi connectivity index (χ3n) is 3.34. The van der Waals surface area contributed by atoms with E-state index in [1.54, 1.807) is 31.5 Å². The number of carbonyl (C=O) groups is 2. The van der Waals surface area contributed by atoms with Crippen LogP contribution in [0.4, 0.5) is 29.3 Å². The maximum atomic E-state index is 12.5. The Hall–Kier alpha value is -2.73. The molecule has 0 saturated carbocycles. The third kappa shape index (κ3) is 6.39. The van der Waals surface area contributed by atoms with Crippen LogP contribution in [-0.4, -0.2) is 44.7 Å². The van der Waals surface area contributed by atoms with Crippen molar-refractivity contribution in [3.8, 4) is 0 Å². The van der Waals surface area contributed by atoms with Gasteiger partial charge in [-0.15, -0.1) is 0 Å². The minimum Gasteiger partial charge on any atom is -0.339 e. The first-order valence-corrected chi connectivity index (χ1v) is 10.2. The van der Waals surface area contributed by atoms with Crippen LogP contribution in [0.5, 0.6) is 0 Å². The van der Waals surface area contributed by atoms with Gasteiger partial charge in [0, 0.05) is 30.4 Å². The Morgan fingerprint density at radius 3 is 2.17 bits per heavy atom. The van der Waals surface area contributed by atoms with Crippen LogP contribution in [0, 0.1) is 0 Å². The van der Waals surface area contributed by atoms with Crippen molar-refractivity contribution in [3.05, 3.63) is 48.5 Å². The largest absolute Gasteiger partial charge is 0.471 e. The summed E-state index contributed by atoms with van der Waals surface area (Å²) in [6, 6.07) is 10.4. The summed E-state index contributed by atoms with van der Waals surface area (Å²) in [5, 5.41) is 1.39. The molecule has 0 aliphatic rings. The van der Waals surface area contributed by atoms with Crippen LogP contribution in [0.15, 0.2) is 58.3 Å². The average Bonchev–Trinajstić information content (AvgIpc) is 2.61. The molecular formula is C17H16F3N3O4S2. The number of rotatable bonds is 5. The molecule has 2 N–H and O–H groups in total. The van der Waals surface area contributed by atoms with Gasteiger partial charge in [-0.1, -0.05) is 6.07 Å². The van der Waals surface area contributed by atoms with E-state index in [2.05, 4.69) is 4.72 Å². The van der Waals surface area contributed by atoms with Crippen LogP contribution in [0.1, 0.15) is 0 Å². The molecule has 0 spiro atoms. The lowest BCUT2D eigenvalue weighted by Gasteiger charge is -2.12. The lowest BCUT2D eigenvalue weighted by atomic mass is 10.3. The van der Waals surface area contributed by atoms with E-state index in [9.17, 15) is 31.2 Å². The van der Waals surface area contributed by atoms with Crippen molar-refractivity contribution in [1.29, 1.82) is 0 Å². The molecule has 0 radical (unpaired) electrons. The summed E-state index contributed by atoms with van der Waals surface area (Å²) in [5.74, 6) is -2.16. The fraction of sp³-hybridized carbons (Fsp3) is 0.176. The van der Waals surface area contributed by atoms with Crippen molar-refractivity contribution in [2.24, 2.45) is 0 Å². The highest BCUT2D eigenvalue weighted by atomic mass is 32.2. The fourth-order valence-corrected chi connectivity index (χ4v) is 3.71. The average molecular weight is 447 g/mol. The van der Waals surface area contributed by atoms with Gasteiger partial charge < -0.3 is 10.2 Å². The Labute approximate surface area is 169 Å². The van der Waals surface area contributed by atoms with Gasteiger partial charge in [-0.3, -0.25) is 14.3 Å². The number of nitrogens with zero attached hydrogens (tertiary/aromatic N) is 1. The Morgan fingerprint density at radius 2 is 1.62 bits per heavy atom. The van der Waals surface area contributed by atoms with Gasteiger partial charge in [0.05, 0.1) is 4.90 Å². The molecule has 7 nitrogen and oxygen atoms in total. The highest BCUT2D eigenvalue weighted by Crippen LogP contribution is 2.26. The summed E-state index contributed by atoms with van der Waals surface area (Å²) in [4.78, 5) is 24.3. The number of hydrogen-bond acceptors (Lipinski definition) is 5. The quantitative estimate of drug-likeness (QED) is 0.681. The SMILES string of the molecule is CN(C)C(=O)Sc1cccc(NS(=O)(=O)c2ccc(NC(=O)C(F)(F)F)cc2)c1. The number of hydrogen-bond donors (Lipinski definition) is 2. The molecule has 0 bridgehead atoms. The minimum atomic E-state index is -5.05. The molecule has 156 valence electrons. The van der Waals surface area contributed by atoms with E-state index >= 15 is 0 Å². The number of sulfonamides is 1. The molecule has 2 aromatic rings. The Bertz CT molecular complexity index is 1010. The van der Waals surface area contributed by atoms with Crippen LogP contribution >= 0.6 is 11.8 Å². The zero-order valence-electron chi connectivity index (χ0n) is 15.1. The van der Waals surface area contributed by atoms with Crippen LogP contribution in [0.3, 0.4) is 0 Å². The molecule has 2 amide bonds. The van der Waals surface area contributed by atoms with Gasteiger partial charge in [-0.2, -0.15) is 13.2 Å². The second-order valence-electron chi connectivity index (χ2n) is 5.87. The zero-order valence-corrected chi connectivity index (χ0v) is 16.8. The lowest BCUT2D eigenvalue weighted by Crippen LogP contribution is -2.29. The Balaban J connectivity index is 2.13. The summed E-state index contributed by atoms with van der Waals surface area (Å²) >= 11 is 0.917. The maximum absolute atomic E-state index is 12.5. The second kappa shape index (κ2) is 8.74. The second-order valence-corrected chi connectivity index (χ2v) is 8.58.